The maximum Gasteiger partial charge on any atom is 0.277 e. The lowest BCUT2D eigenvalue weighted by Gasteiger charge is -2.07. The molecule has 0 radical (unpaired) electrons. The minimum Gasteiger partial charge on any atom is -0.396 e. The van der Waals surface area contributed by atoms with Crippen molar-refractivity contribution in [3.8, 4) is 0 Å². The number of nitrogens with zero attached hydrogens (tertiary/aromatic N) is 1. The Hall–Kier alpha value is -1.00. The van der Waals surface area contributed by atoms with E-state index in [1.54, 1.807) is 6.07 Å². The minimum atomic E-state index is -0.192. The summed E-state index contributed by atoms with van der Waals surface area (Å²) < 4.78 is 0.850. The third-order valence-corrected chi connectivity index (χ3v) is 2.89. The Labute approximate surface area is 96.0 Å². The Kier molecular flexibility index (Phi) is 2.71. The van der Waals surface area contributed by atoms with Gasteiger partial charge in [-0.1, -0.05) is 15.9 Å². The van der Waals surface area contributed by atoms with Gasteiger partial charge in [0, 0.05) is 22.4 Å². The summed E-state index contributed by atoms with van der Waals surface area (Å²) in [6, 6.07) is 3.70. The van der Waals surface area contributed by atoms with Gasteiger partial charge < -0.3 is 5.11 Å². The summed E-state index contributed by atoms with van der Waals surface area (Å²) in [4.78, 5) is 15.4. The van der Waals surface area contributed by atoms with Gasteiger partial charge in [0.1, 0.15) is 0 Å². The van der Waals surface area contributed by atoms with E-state index in [0.717, 1.165) is 21.3 Å². The smallest absolute Gasteiger partial charge is 0.277 e. The van der Waals surface area contributed by atoms with E-state index in [-0.39, 0.29) is 12.5 Å². The lowest BCUT2D eigenvalue weighted by molar-refractivity contribution is 0.101. The second kappa shape index (κ2) is 3.87. The van der Waals surface area contributed by atoms with Crippen LogP contribution >= 0.6 is 15.9 Å². The maximum absolute atomic E-state index is 11.5. The third-order valence-electron chi connectivity index (χ3n) is 2.43. The van der Waals surface area contributed by atoms with Gasteiger partial charge in [-0.15, -0.1) is 0 Å². The van der Waals surface area contributed by atoms with E-state index in [9.17, 15) is 4.79 Å². The summed E-state index contributed by atoms with van der Waals surface area (Å²) in [6.45, 7) is 1.89. The fourth-order valence-electron chi connectivity index (χ4n) is 1.85. The Bertz CT molecular complexity index is 466. The van der Waals surface area contributed by atoms with Crippen LogP contribution in [0.3, 0.4) is 0 Å². The second-order valence-corrected chi connectivity index (χ2v) is 4.38. The third kappa shape index (κ3) is 1.75. The molecule has 0 aliphatic carbocycles. The first-order chi connectivity index (χ1) is 7.13. The quantitative estimate of drug-likeness (QED) is 0.891. The zero-order valence-electron chi connectivity index (χ0n) is 8.25. The van der Waals surface area contributed by atoms with Crippen molar-refractivity contribution in [2.24, 2.45) is 4.99 Å². The zero-order chi connectivity index (χ0) is 11.0. The van der Waals surface area contributed by atoms with Crippen LogP contribution in [0, 0.1) is 0 Å². The molecule has 1 aromatic rings. The van der Waals surface area contributed by atoms with Gasteiger partial charge in [-0.3, -0.25) is 4.79 Å². The van der Waals surface area contributed by atoms with Crippen molar-refractivity contribution in [2.45, 2.75) is 13.3 Å². The molecule has 0 atom stereocenters. The predicted octanol–water partition coefficient (Wildman–Crippen LogP) is 1.95. The number of amides is 1. The molecule has 0 saturated heterocycles. The average Bonchev–Trinajstić information content (AvgIpc) is 2.42. The highest BCUT2D eigenvalue weighted by Gasteiger charge is 2.23. The van der Waals surface area contributed by atoms with Crippen LogP contribution in [0.4, 0.5) is 0 Å². The number of carbonyl (C=O) groups excluding carboxylic acids is 1. The van der Waals surface area contributed by atoms with E-state index in [1.165, 1.54) is 0 Å². The second-order valence-electron chi connectivity index (χ2n) is 3.46. The van der Waals surface area contributed by atoms with Gasteiger partial charge in [-0.2, -0.15) is 0 Å². The highest BCUT2D eigenvalue weighted by Crippen LogP contribution is 2.27. The van der Waals surface area contributed by atoms with Crippen LogP contribution in [0.2, 0.25) is 0 Å². The predicted molar refractivity (Wildman–Crippen MR) is 61.5 cm³/mol. The van der Waals surface area contributed by atoms with Gasteiger partial charge in [-0.05, 0) is 31.0 Å². The maximum atomic E-state index is 11.5. The van der Waals surface area contributed by atoms with Crippen molar-refractivity contribution in [1.82, 2.24) is 0 Å². The first-order valence-corrected chi connectivity index (χ1v) is 5.46. The van der Waals surface area contributed by atoms with Gasteiger partial charge in [0.15, 0.2) is 0 Å². The molecule has 0 bridgehead atoms. The van der Waals surface area contributed by atoms with Crippen LogP contribution < -0.4 is 0 Å². The Morgan fingerprint density at radius 1 is 1.47 bits per heavy atom. The highest BCUT2D eigenvalue weighted by atomic mass is 79.9. The van der Waals surface area contributed by atoms with Crippen LogP contribution in [0.1, 0.15) is 28.4 Å². The zero-order valence-corrected chi connectivity index (χ0v) is 9.84. The number of aliphatic hydroxyl groups excluding tert-OH is 1. The molecule has 15 heavy (non-hydrogen) atoms. The van der Waals surface area contributed by atoms with Crippen molar-refractivity contribution in [3.63, 3.8) is 0 Å². The normalized spacial score (nSPS) is 14.1. The SMILES string of the molecule is CC1=NC(=O)c2cc(Br)cc(CCO)c21. The summed E-state index contributed by atoms with van der Waals surface area (Å²) >= 11 is 3.35. The van der Waals surface area contributed by atoms with E-state index in [1.807, 2.05) is 13.0 Å². The summed E-state index contributed by atoms with van der Waals surface area (Å²) in [5.41, 5.74) is 3.22. The summed E-state index contributed by atoms with van der Waals surface area (Å²) in [7, 11) is 0. The number of fused-ring (bicyclic) bond motifs is 1. The van der Waals surface area contributed by atoms with E-state index >= 15 is 0 Å². The molecule has 0 unspecified atom stereocenters. The first kappa shape index (κ1) is 10.5. The summed E-state index contributed by atoms with van der Waals surface area (Å²) in [5, 5.41) is 8.95. The number of benzene rings is 1. The lowest BCUT2D eigenvalue weighted by Crippen LogP contribution is -2.03. The average molecular weight is 268 g/mol. The number of hydrogen-bond donors (Lipinski definition) is 1. The molecule has 0 saturated carbocycles. The standard InChI is InChI=1S/C11H10BrNO2/c1-6-10-7(2-3-14)4-8(12)5-9(10)11(15)13-6/h4-5,14H,2-3H2,1H3. The van der Waals surface area contributed by atoms with E-state index in [2.05, 4.69) is 20.9 Å². The number of rotatable bonds is 2. The van der Waals surface area contributed by atoms with Crippen LogP contribution in [0.15, 0.2) is 21.6 Å². The van der Waals surface area contributed by atoms with Crippen molar-refractivity contribution < 1.29 is 9.90 Å². The number of aliphatic hydroxyl groups is 1. The van der Waals surface area contributed by atoms with Gasteiger partial charge >= 0.3 is 0 Å². The minimum absolute atomic E-state index is 0.0738. The topological polar surface area (TPSA) is 49.7 Å². The van der Waals surface area contributed by atoms with E-state index in [0.29, 0.717) is 12.0 Å². The summed E-state index contributed by atoms with van der Waals surface area (Å²) in [6.07, 6.45) is 0.544. The first-order valence-electron chi connectivity index (χ1n) is 4.66. The number of carbonyl (C=O) groups is 1. The van der Waals surface area contributed by atoms with Crippen molar-refractivity contribution in [3.05, 3.63) is 33.3 Å². The highest BCUT2D eigenvalue weighted by molar-refractivity contribution is 9.10. The van der Waals surface area contributed by atoms with Gasteiger partial charge in [0.2, 0.25) is 0 Å². The molecule has 1 aromatic carbocycles. The van der Waals surface area contributed by atoms with Gasteiger partial charge in [0.05, 0.1) is 5.56 Å². The molecule has 2 rings (SSSR count). The molecule has 1 aliphatic heterocycles. The number of aliphatic imine (C=N–C) groups is 1. The van der Waals surface area contributed by atoms with Crippen LogP contribution in [-0.2, 0) is 6.42 Å². The van der Waals surface area contributed by atoms with Crippen molar-refractivity contribution in [1.29, 1.82) is 0 Å². The van der Waals surface area contributed by atoms with E-state index < -0.39 is 0 Å². The Morgan fingerprint density at radius 2 is 2.20 bits per heavy atom. The molecular formula is C11H10BrNO2. The van der Waals surface area contributed by atoms with Crippen molar-refractivity contribution >= 4 is 27.5 Å². The largest absolute Gasteiger partial charge is 0.396 e. The fraction of sp³-hybridized carbons (Fsp3) is 0.273. The molecule has 1 aliphatic rings. The molecule has 1 heterocycles. The molecule has 78 valence electrons. The molecule has 0 spiro atoms. The Balaban J connectivity index is 2.63. The lowest BCUT2D eigenvalue weighted by atomic mass is 9.98. The molecule has 1 N–H and O–H groups in total. The molecule has 1 amide bonds. The number of halogens is 1. The fourth-order valence-corrected chi connectivity index (χ4v) is 2.35. The number of hydrogen-bond acceptors (Lipinski definition) is 2. The van der Waals surface area contributed by atoms with Gasteiger partial charge in [0.25, 0.3) is 5.91 Å². The molecule has 4 heteroatoms. The summed E-state index contributed by atoms with van der Waals surface area (Å²) in [5.74, 6) is -0.192. The Morgan fingerprint density at radius 3 is 2.87 bits per heavy atom. The molecule has 0 aromatic heterocycles. The van der Waals surface area contributed by atoms with Crippen LogP contribution in [0.5, 0.6) is 0 Å². The van der Waals surface area contributed by atoms with Crippen LogP contribution in [0.25, 0.3) is 0 Å². The van der Waals surface area contributed by atoms with Crippen LogP contribution in [-0.4, -0.2) is 23.3 Å². The van der Waals surface area contributed by atoms with Gasteiger partial charge in [-0.25, -0.2) is 4.99 Å². The monoisotopic (exact) mass is 267 g/mol. The van der Waals surface area contributed by atoms with Crippen molar-refractivity contribution in [2.75, 3.05) is 6.61 Å². The molecule has 3 nitrogen and oxygen atoms in total. The molecule has 0 fully saturated rings. The van der Waals surface area contributed by atoms with E-state index in [4.69, 9.17) is 5.11 Å². The molecular weight excluding hydrogens is 258 g/mol.